The number of ether oxygens (including phenoxy) is 2. The number of anilines is 2. The number of likely N-dealkylation sites (tertiary alicyclic amines) is 1. The number of aromatic amines is 1. The topological polar surface area (TPSA) is 92.4 Å². The zero-order chi connectivity index (χ0) is 25.6. The maximum Gasteiger partial charge on any atom is 0.410 e. The average Bonchev–Trinajstić information content (AvgIpc) is 3.35. The van der Waals surface area contributed by atoms with Gasteiger partial charge in [-0.05, 0) is 74.9 Å². The average molecular weight is 506 g/mol. The van der Waals surface area contributed by atoms with Gasteiger partial charge in [0.25, 0.3) is 5.88 Å². The minimum Gasteiger partial charge on any atom is -0.471 e. The summed E-state index contributed by atoms with van der Waals surface area (Å²) < 4.78 is 27.4. The fourth-order valence-electron chi connectivity index (χ4n) is 5.54. The van der Waals surface area contributed by atoms with Gasteiger partial charge in [0.15, 0.2) is 5.82 Å². The molecule has 2 unspecified atom stereocenters. The van der Waals surface area contributed by atoms with Crippen LogP contribution in [0.25, 0.3) is 11.3 Å². The number of aryl methyl sites for hydroxylation is 1. The molecule has 2 aliphatic carbocycles. The molecular weight excluding hydrogens is 473 g/mol. The third-order valence-corrected chi connectivity index (χ3v) is 7.93. The number of aromatic nitrogens is 3. The fourth-order valence-corrected chi connectivity index (χ4v) is 5.54. The van der Waals surface area contributed by atoms with E-state index in [4.69, 9.17) is 9.47 Å². The molecule has 2 saturated carbocycles. The molecule has 194 valence electrons. The summed E-state index contributed by atoms with van der Waals surface area (Å²) in [7, 11) is 0. The number of nitrogens with zero attached hydrogens (tertiary/aromatic N) is 3. The third kappa shape index (κ3) is 4.86. The number of carbonyl (C=O) groups excluding carboxylic acids is 1. The molecule has 3 heterocycles. The molecule has 0 spiro atoms. The molecule has 37 heavy (non-hydrogen) atoms. The Kier molecular flexibility index (Phi) is 6.01. The summed E-state index contributed by atoms with van der Waals surface area (Å²) in [5, 5.41) is 3.10. The van der Waals surface area contributed by atoms with Crippen LogP contribution in [0.15, 0.2) is 42.9 Å². The Morgan fingerprint density at radius 2 is 1.97 bits per heavy atom. The minimum atomic E-state index is -0.614. The van der Waals surface area contributed by atoms with E-state index in [0.717, 1.165) is 54.6 Å². The predicted molar refractivity (Wildman–Crippen MR) is 137 cm³/mol. The highest BCUT2D eigenvalue weighted by Crippen LogP contribution is 2.42. The van der Waals surface area contributed by atoms with Gasteiger partial charge in [-0.15, -0.1) is 0 Å². The van der Waals surface area contributed by atoms with Crippen molar-refractivity contribution >= 4 is 17.6 Å². The van der Waals surface area contributed by atoms with Crippen LogP contribution < -0.4 is 10.1 Å². The second kappa shape index (κ2) is 9.36. The molecule has 9 heteroatoms. The Hall–Kier alpha value is -3.62. The van der Waals surface area contributed by atoms with Crippen molar-refractivity contribution in [1.82, 2.24) is 19.9 Å². The summed E-state index contributed by atoms with van der Waals surface area (Å²) in [6, 6.07) is 9.88. The van der Waals surface area contributed by atoms with E-state index in [2.05, 4.69) is 20.3 Å². The Bertz CT molecular complexity index is 1280. The maximum absolute atomic E-state index is 15.5. The lowest BCUT2D eigenvalue weighted by molar-refractivity contribution is -0.0414. The molecule has 2 aromatic heterocycles. The lowest BCUT2D eigenvalue weighted by Crippen LogP contribution is -2.55. The molecule has 1 amide bonds. The molecule has 2 bridgehead atoms. The summed E-state index contributed by atoms with van der Waals surface area (Å²) in [6.07, 6.45) is 7.52. The van der Waals surface area contributed by atoms with Crippen molar-refractivity contribution in [3.8, 4) is 17.1 Å². The van der Waals surface area contributed by atoms with Crippen LogP contribution in [0.5, 0.6) is 5.88 Å². The fraction of sp³-hybridized carbons (Fsp3) is 0.464. The number of piperidine rings is 1. The maximum atomic E-state index is 15.5. The van der Waals surface area contributed by atoms with Crippen molar-refractivity contribution in [2.75, 3.05) is 18.4 Å². The van der Waals surface area contributed by atoms with Gasteiger partial charge in [-0.2, -0.15) is 9.37 Å². The number of amides is 1. The zero-order valence-corrected chi connectivity index (χ0v) is 21.2. The number of halogens is 1. The monoisotopic (exact) mass is 505 g/mol. The molecule has 1 aliphatic heterocycles. The number of hydrogen-bond donors (Lipinski definition) is 2. The predicted octanol–water partition coefficient (Wildman–Crippen LogP) is 5.83. The lowest BCUT2D eigenvalue weighted by Gasteiger charge is -2.46. The van der Waals surface area contributed by atoms with Gasteiger partial charge in [-0.3, -0.25) is 0 Å². The molecule has 6 rings (SSSR count). The van der Waals surface area contributed by atoms with E-state index in [1.165, 1.54) is 6.33 Å². The second-order valence-corrected chi connectivity index (χ2v) is 10.8. The van der Waals surface area contributed by atoms with Crippen LogP contribution in [0.3, 0.4) is 0 Å². The molecule has 2 atom stereocenters. The standard InChI is InChI=1S/C28H32FN5O3/c1-17-13-18(22-7-4-12-30-22)8-9-21(17)33-25-23(29)26(32-16-31-25)36-24-19-5-3-6-20(24)15-34(14-19)27(35)37-28(2)10-11-28/h4,7-9,12-13,16,19-20,24,30H,3,5-6,10-11,14-15H2,1-2H3,(H,31,32,33). The highest BCUT2D eigenvalue weighted by atomic mass is 19.1. The van der Waals surface area contributed by atoms with Gasteiger partial charge in [0.05, 0.1) is 0 Å². The summed E-state index contributed by atoms with van der Waals surface area (Å²) >= 11 is 0. The van der Waals surface area contributed by atoms with E-state index in [0.29, 0.717) is 13.1 Å². The van der Waals surface area contributed by atoms with E-state index in [1.807, 2.05) is 50.4 Å². The Morgan fingerprint density at radius 3 is 2.65 bits per heavy atom. The van der Waals surface area contributed by atoms with E-state index in [1.54, 1.807) is 4.90 Å². The Labute approximate surface area is 215 Å². The normalized spacial score (nSPS) is 23.9. The molecule has 3 aromatic rings. The molecule has 1 saturated heterocycles. The van der Waals surface area contributed by atoms with Gasteiger partial charge in [0.1, 0.15) is 18.0 Å². The minimum absolute atomic E-state index is 0.0541. The number of fused-ring (bicyclic) bond motifs is 2. The molecule has 3 aliphatic rings. The Morgan fingerprint density at radius 1 is 1.19 bits per heavy atom. The molecular formula is C28H32FN5O3. The SMILES string of the molecule is Cc1cc(-c2ccc[nH]2)ccc1Nc1ncnc(OC2C3CCCC2CN(C(=O)OC2(C)CC2)C3)c1F. The first-order chi connectivity index (χ1) is 17.9. The number of benzene rings is 1. The van der Waals surface area contributed by atoms with E-state index in [-0.39, 0.29) is 41.3 Å². The van der Waals surface area contributed by atoms with Crippen LogP contribution >= 0.6 is 0 Å². The molecule has 8 nitrogen and oxygen atoms in total. The van der Waals surface area contributed by atoms with E-state index in [9.17, 15) is 4.79 Å². The van der Waals surface area contributed by atoms with Gasteiger partial charge in [-0.25, -0.2) is 9.78 Å². The van der Waals surface area contributed by atoms with Crippen molar-refractivity contribution in [2.24, 2.45) is 11.8 Å². The first-order valence-corrected chi connectivity index (χ1v) is 13.0. The van der Waals surface area contributed by atoms with Crippen molar-refractivity contribution in [1.29, 1.82) is 0 Å². The quantitative estimate of drug-likeness (QED) is 0.438. The molecule has 2 N–H and O–H groups in total. The highest BCUT2D eigenvalue weighted by Gasteiger charge is 2.47. The zero-order valence-electron chi connectivity index (χ0n) is 21.2. The van der Waals surface area contributed by atoms with Crippen LogP contribution in [0.1, 0.15) is 44.6 Å². The van der Waals surface area contributed by atoms with Crippen LogP contribution in [-0.4, -0.2) is 50.7 Å². The number of rotatable bonds is 6. The third-order valence-electron chi connectivity index (χ3n) is 7.93. The van der Waals surface area contributed by atoms with Crippen LogP contribution in [0.2, 0.25) is 0 Å². The van der Waals surface area contributed by atoms with Crippen molar-refractivity contribution in [3.63, 3.8) is 0 Å². The smallest absolute Gasteiger partial charge is 0.410 e. The summed E-state index contributed by atoms with van der Waals surface area (Å²) in [5.41, 5.74) is 3.49. The van der Waals surface area contributed by atoms with Gasteiger partial charge in [0, 0.05) is 42.5 Å². The summed E-state index contributed by atoms with van der Waals surface area (Å²) in [6.45, 7) is 5.05. The molecule has 3 fully saturated rings. The van der Waals surface area contributed by atoms with Gasteiger partial charge in [-0.1, -0.05) is 12.5 Å². The van der Waals surface area contributed by atoms with E-state index >= 15 is 4.39 Å². The largest absolute Gasteiger partial charge is 0.471 e. The summed E-state index contributed by atoms with van der Waals surface area (Å²) in [5.74, 6) is -0.371. The Balaban J connectivity index is 1.16. The first kappa shape index (κ1) is 23.8. The van der Waals surface area contributed by atoms with Gasteiger partial charge >= 0.3 is 6.09 Å². The highest BCUT2D eigenvalue weighted by molar-refractivity contribution is 5.69. The number of H-pyrrole nitrogens is 1. The van der Waals surface area contributed by atoms with Crippen molar-refractivity contribution in [3.05, 3.63) is 54.2 Å². The summed E-state index contributed by atoms with van der Waals surface area (Å²) in [4.78, 5) is 26.0. The first-order valence-electron chi connectivity index (χ1n) is 13.0. The van der Waals surface area contributed by atoms with Crippen molar-refractivity contribution in [2.45, 2.75) is 57.7 Å². The van der Waals surface area contributed by atoms with Crippen molar-refractivity contribution < 1.29 is 18.7 Å². The van der Waals surface area contributed by atoms with E-state index < -0.39 is 5.82 Å². The van der Waals surface area contributed by atoms with Crippen LogP contribution in [0, 0.1) is 24.6 Å². The number of hydrogen-bond acceptors (Lipinski definition) is 6. The number of nitrogens with one attached hydrogen (secondary N) is 2. The number of carbonyl (C=O) groups is 1. The van der Waals surface area contributed by atoms with Gasteiger partial charge in [0.2, 0.25) is 5.82 Å². The van der Waals surface area contributed by atoms with Crippen LogP contribution in [-0.2, 0) is 4.74 Å². The second-order valence-electron chi connectivity index (χ2n) is 10.8. The van der Waals surface area contributed by atoms with Gasteiger partial charge < -0.3 is 24.7 Å². The lowest BCUT2D eigenvalue weighted by atomic mass is 9.75. The molecule has 1 aromatic carbocycles. The van der Waals surface area contributed by atoms with Crippen LogP contribution in [0.4, 0.5) is 20.7 Å². The molecule has 0 radical (unpaired) electrons.